The smallest absolute Gasteiger partial charge is 0.122 e. The molecule has 0 radical (unpaired) electrons. The number of rotatable bonds is 2. The molecule has 0 amide bonds. The molecule has 0 spiro atoms. The van der Waals surface area contributed by atoms with Gasteiger partial charge in [-0.05, 0) is 12.1 Å². The molecule has 0 aromatic carbocycles. The molecule has 4 nitrogen and oxygen atoms in total. The maximum absolute atomic E-state index is 8.68. The third-order valence-electron chi connectivity index (χ3n) is 3.16. The summed E-state index contributed by atoms with van der Waals surface area (Å²) in [5.41, 5.74) is 0. The van der Waals surface area contributed by atoms with Crippen LogP contribution in [0.2, 0.25) is 0 Å². The van der Waals surface area contributed by atoms with Gasteiger partial charge in [0.1, 0.15) is 12.4 Å². The summed E-state index contributed by atoms with van der Waals surface area (Å²) in [5, 5.41) is 8.68. The zero-order valence-corrected chi connectivity index (χ0v) is 11.4. The Labute approximate surface area is 116 Å². The summed E-state index contributed by atoms with van der Waals surface area (Å²) in [6.07, 6.45) is 3.91. The Balaban J connectivity index is 1.65. The molecule has 1 N–H and O–H groups in total. The first kappa shape index (κ1) is 12.4. The van der Waals surface area contributed by atoms with E-state index < -0.39 is 0 Å². The number of aromatic nitrogens is 2. The van der Waals surface area contributed by atoms with E-state index in [0.29, 0.717) is 0 Å². The van der Waals surface area contributed by atoms with Crippen molar-refractivity contribution in [1.82, 2.24) is 14.5 Å². The molecule has 19 heavy (non-hydrogen) atoms. The number of thiophene rings is 1. The summed E-state index contributed by atoms with van der Waals surface area (Å²) in [6, 6.07) is 4.14. The molecular weight excluding hydrogens is 258 g/mol. The summed E-state index contributed by atoms with van der Waals surface area (Å²) in [4.78, 5) is 9.09. The minimum Gasteiger partial charge on any atom is -0.384 e. The van der Waals surface area contributed by atoms with Gasteiger partial charge in [-0.25, -0.2) is 4.98 Å². The van der Waals surface area contributed by atoms with Crippen molar-refractivity contribution in [3.8, 4) is 11.8 Å². The van der Waals surface area contributed by atoms with Gasteiger partial charge < -0.3 is 9.67 Å². The number of aliphatic hydroxyl groups is 1. The quantitative estimate of drug-likeness (QED) is 0.839. The predicted octanol–water partition coefficient (Wildman–Crippen LogP) is 1.30. The number of hydrogen-bond acceptors (Lipinski definition) is 4. The van der Waals surface area contributed by atoms with Gasteiger partial charge >= 0.3 is 0 Å². The van der Waals surface area contributed by atoms with Crippen molar-refractivity contribution in [1.29, 1.82) is 0 Å². The number of nitrogens with zero attached hydrogens (tertiary/aromatic N) is 3. The molecule has 5 heteroatoms. The van der Waals surface area contributed by atoms with Gasteiger partial charge in [0, 0.05) is 36.9 Å². The Bertz CT molecular complexity index is 620. The second-order valence-electron chi connectivity index (χ2n) is 4.47. The minimum atomic E-state index is -0.0813. The second-order valence-corrected chi connectivity index (χ2v) is 5.64. The van der Waals surface area contributed by atoms with Crippen LogP contribution >= 0.6 is 11.3 Å². The highest BCUT2D eigenvalue weighted by molar-refractivity contribution is 7.12. The Kier molecular flexibility index (Phi) is 3.65. The van der Waals surface area contributed by atoms with Crippen molar-refractivity contribution in [2.45, 2.75) is 19.6 Å². The van der Waals surface area contributed by atoms with Crippen LogP contribution in [-0.2, 0) is 19.6 Å². The number of imidazole rings is 1. The average Bonchev–Trinajstić information content (AvgIpc) is 3.05. The molecule has 0 atom stereocenters. The van der Waals surface area contributed by atoms with Crippen LogP contribution in [0.15, 0.2) is 24.5 Å². The zero-order chi connectivity index (χ0) is 13.1. The highest BCUT2D eigenvalue weighted by Crippen LogP contribution is 2.20. The molecule has 2 aromatic rings. The van der Waals surface area contributed by atoms with E-state index in [1.54, 1.807) is 11.3 Å². The summed E-state index contributed by atoms with van der Waals surface area (Å²) >= 11 is 1.70. The van der Waals surface area contributed by atoms with E-state index in [1.165, 1.54) is 4.88 Å². The summed E-state index contributed by atoms with van der Waals surface area (Å²) in [5.74, 6) is 6.77. The number of fused-ring (bicyclic) bond motifs is 1. The molecule has 0 fully saturated rings. The van der Waals surface area contributed by atoms with Gasteiger partial charge in [0.15, 0.2) is 0 Å². The van der Waals surface area contributed by atoms with Crippen molar-refractivity contribution in [3.05, 3.63) is 40.1 Å². The maximum atomic E-state index is 8.68. The van der Waals surface area contributed by atoms with Gasteiger partial charge in [0.2, 0.25) is 0 Å². The van der Waals surface area contributed by atoms with Crippen LogP contribution in [0.1, 0.15) is 15.6 Å². The fraction of sp³-hybridized carbons (Fsp3) is 0.357. The lowest BCUT2D eigenvalue weighted by molar-refractivity contribution is 0.210. The maximum Gasteiger partial charge on any atom is 0.122 e. The fourth-order valence-electron chi connectivity index (χ4n) is 2.24. The molecule has 0 bridgehead atoms. The molecule has 2 aromatic heterocycles. The summed E-state index contributed by atoms with van der Waals surface area (Å²) < 4.78 is 2.21. The van der Waals surface area contributed by atoms with Gasteiger partial charge in [0.05, 0.1) is 11.4 Å². The standard InChI is InChI=1S/C14H15N3OS/c18-9-1-2-12-3-4-13(19-12)10-16-7-8-17-6-5-15-14(17)11-16/h3-6,18H,7-11H2. The molecule has 0 saturated carbocycles. The average molecular weight is 273 g/mol. The Morgan fingerprint density at radius 1 is 1.37 bits per heavy atom. The minimum absolute atomic E-state index is 0.0813. The van der Waals surface area contributed by atoms with Gasteiger partial charge in [0.25, 0.3) is 0 Å². The molecule has 1 aliphatic rings. The van der Waals surface area contributed by atoms with E-state index in [4.69, 9.17) is 5.11 Å². The Morgan fingerprint density at radius 2 is 2.32 bits per heavy atom. The van der Waals surface area contributed by atoms with Crippen molar-refractivity contribution in [2.75, 3.05) is 13.2 Å². The Morgan fingerprint density at radius 3 is 3.21 bits per heavy atom. The van der Waals surface area contributed by atoms with Gasteiger partial charge in [-0.1, -0.05) is 11.8 Å². The van der Waals surface area contributed by atoms with E-state index in [1.807, 2.05) is 18.5 Å². The monoisotopic (exact) mass is 273 g/mol. The summed E-state index contributed by atoms with van der Waals surface area (Å²) in [7, 11) is 0. The van der Waals surface area contributed by atoms with Crippen LogP contribution in [0.3, 0.4) is 0 Å². The van der Waals surface area contributed by atoms with Crippen molar-refractivity contribution < 1.29 is 5.11 Å². The van der Waals surface area contributed by atoms with Crippen LogP contribution in [0.5, 0.6) is 0 Å². The van der Waals surface area contributed by atoms with Gasteiger partial charge in [-0.3, -0.25) is 4.90 Å². The number of aliphatic hydroxyl groups excluding tert-OH is 1. The van der Waals surface area contributed by atoms with Crippen LogP contribution < -0.4 is 0 Å². The Hall–Kier alpha value is -1.61. The highest BCUT2D eigenvalue weighted by Gasteiger charge is 2.16. The molecule has 1 aliphatic heterocycles. The van der Waals surface area contributed by atoms with E-state index >= 15 is 0 Å². The first-order valence-corrected chi connectivity index (χ1v) is 7.07. The summed E-state index contributed by atoms with van der Waals surface area (Å²) in [6.45, 7) is 3.83. The third kappa shape index (κ3) is 2.87. The van der Waals surface area contributed by atoms with Crippen molar-refractivity contribution >= 4 is 11.3 Å². The van der Waals surface area contributed by atoms with Crippen molar-refractivity contribution in [3.63, 3.8) is 0 Å². The van der Waals surface area contributed by atoms with Gasteiger partial charge in [-0.2, -0.15) is 0 Å². The normalized spacial score (nSPS) is 14.8. The fourth-order valence-corrected chi connectivity index (χ4v) is 3.16. The zero-order valence-electron chi connectivity index (χ0n) is 10.5. The number of hydrogen-bond donors (Lipinski definition) is 1. The molecule has 0 unspecified atom stereocenters. The molecule has 98 valence electrons. The lowest BCUT2D eigenvalue weighted by Crippen LogP contribution is -2.32. The molecular formula is C14H15N3OS. The molecule has 3 rings (SSSR count). The highest BCUT2D eigenvalue weighted by atomic mass is 32.1. The predicted molar refractivity (Wildman–Crippen MR) is 74.6 cm³/mol. The molecule has 0 saturated heterocycles. The van der Waals surface area contributed by atoms with Gasteiger partial charge in [-0.15, -0.1) is 11.3 Å². The van der Waals surface area contributed by atoms with Crippen LogP contribution in [0.25, 0.3) is 0 Å². The van der Waals surface area contributed by atoms with Crippen LogP contribution in [-0.4, -0.2) is 32.7 Å². The largest absolute Gasteiger partial charge is 0.384 e. The molecule has 3 heterocycles. The van der Waals surface area contributed by atoms with E-state index in [0.717, 1.165) is 36.9 Å². The van der Waals surface area contributed by atoms with E-state index in [9.17, 15) is 0 Å². The second kappa shape index (κ2) is 5.57. The van der Waals surface area contributed by atoms with E-state index in [-0.39, 0.29) is 6.61 Å². The SMILES string of the molecule is OCC#Cc1ccc(CN2CCn3ccnc3C2)s1. The third-order valence-corrected chi connectivity index (χ3v) is 4.14. The van der Waals surface area contributed by atoms with Crippen LogP contribution in [0, 0.1) is 11.8 Å². The van der Waals surface area contributed by atoms with E-state index in [2.05, 4.69) is 32.4 Å². The first-order chi connectivity index (χ1) is 9.35. The van der Waals surface area contributed by atoms with Crippen LogP contribution in [0.4, 0.5) is 0 Å². The van der Waals surface area contributed by atoms with Crippen molar-refractivity contribution in [2.24, 2.45) is 0 Å². The lowest BCUT2D eigenvalue weighted by Gasteiger charge is -2.26. The molecule has 0 aliphatic carbocycles. The first-order valence-electron chi connectivity index (χ1n) is 6.26. The topological polar surface area (TPSA) is 41.3 Å². The lowest BCUT2D eigenvalue weighted by atomic mass is 10.3.